The van der Waals surface area contributed by atoms with E-state index in [-0.39, 0.29) is 30.1 Å². The summed E-state index contributed by atoms with van der Waals surface area (Å²) in [4.78, 5) is 24.4. The molecule has 0 fully saturated rings. The summed E-state index contributed by atoms with van der Waals surface area (Å²) in [6, 6.07) is 9.50. The van der Waals surface area contributed by atoms with Gasteiger partial charge in [-0.05, 0) is 44.0 Å². The molecule has 0 saturated heterocycles. The monoisotopic (exact) mass is 520 g/mol. The Bertz CT molecular complexity index is 1260. The Morgan fingerprint density at radius 1 is 1.26 bits per heavy atom. The van der Waals surface area contributed by atoms with Crippen LogP contribution in [0, 0.1) is 0 Å². The predicted molar refractivity (Wildman–Crippen MR) is 137 cm³/mol. The fraction of sp³-hybridized carbons (Fsp3) is 0.348. The zero-order valence-corrected chi connectivity index (χ0v) is 21.1. The minimum atomic E-state index is -2.79. The number of carbonyl (C=O) groups is 1. The standard InChI is InChI=1S/C23H25ClN4O4S2/c1-13(2)25-21(29)10-32-15-4-3-14-7-8-28(18(14)9-15)23-16-11-34(30,31)12-17(16)26-22(27-23)19-5-6-20(24)33-19/h3-6,9,13,30-31H,7-8,10-12H2,1-2H3,(H,25,29). The SMILES string of the molecule is CC(C)NC(=O)COc1ccc2c(c1)N(c1nc(-c3ccc(Cl)s3)nc3c1CS(O)(O)C3)CC2. The van der Waals surface area contributed by atoms with Crippen molar-refractivity contribution in [2.75, 3.05) is 18.1 Å². The third-order valence-corrected chi connectivity index (χ3v) is 8.35. The van der Waals surface area contributed by atoms with E-state index >= 15 is 0 Å². The van der Waals surface area contributed by atoms with Crippen molar-refractivity contribution in [3.05, 3.63) is 51.5 Å². The number of halogens is 1. The molecule has 180 valence electrons. The molecule has 5 rings (SSSR count). The van der Waals surface area contributed by atoms with Crippen LogP contribution in [0.3, 0.4) is 0 Å². The van der Waals surface area contributed by atoms with Crippen molar-refractivity contribution in [2.45, 2.75) is 37.8 Å². The smallest absolute Gasteiger partial charge is 0.258 e. The molecule has 3 aromatic rings. The molecule has 2 aliphatic heterocycles. The minimum absolute atomic E-state index is 0.0474. The van der Waals surface area contributed by atoms with Crippen molar-refractivity contribution in [3.8, 4) is 16.5 Å². The average Bonchev–Trinajstić information content (AvgIpc) is 3.46. The molecule has 2 aromatic heterocycles. The maximum absolute atomic E-state index is 12.0. The Labute approximate surface area is 208 Å². The number of hydrogen-bond acceptors (Lipinski definition) is 8. The van der Waals surface area contributed by atoms with Gasteiger partial charge in [-0.25, -0.2) is 9.97 Å². The van der Waals surface area contributed by atoms with Crippen LogP contribution in [0.5, 0.6) is 5.75 Å². The number of anilines is 2. The van der Waals surface area contributed by atoms with Crippen LogP contribution >= 0.6 is 33.5 Å². The molecule has 34 heavy (non-hydrogen) atoms. The van der Waals surface area contributed by atoms with Gasteiger partial charge in [-0.3, -0.25) is 13.9 Å². The number of ether oxygens (including phenoxy) is 1. The van der Waals surface area contributed by atoms with Gasteiger partial charge in [-0.2, -0.15) is 10.6 Å². The molecule has 4 heterocycles. The van der Waals surface area contributed by atoms with Crippen LogP contribution in [-0.2, 0) is 22.7 Å². The van der Waals surface area contributed by atoms with Gasteiger partial charge in [0, 0.05) is 29.9 Å². The second-order valence-corrected chi connectivity index (χ2v) is 12.6. The highest BCUT2D eigenvalue weighted by Gasteiger charge is 2.34. The fourth-order valence-electron chi connectivity index (χ4n) is 4.23. The topological polar surface area (TPSA) is 108 Å². The van der Waals surface area contributed by atoms with E-state index in [1.807, 2.05) is 38.1 Å². The van der Waals surface area contributed by atoms with E-state index in [2.05, 4.69) is 15.2 Å². The van der Waals surface area contributed by atoms with E-state index < -0.39 is 10.6 Å². The van der Waals surface area contributed by atoms with E-state index in [4.69, 9.17) is 21.3 Å². The van der Waals surface area contributed by atoms with Crippen LogP contribution in [-0.4, -0.2) is 44.2 Å². The molecule has 11 heteroatoms. The lowest BCUT2D eigenvalue weighted by Gasteiger charge is -2.25. The summed E-state index contributed by atoms with van der Waals surface area (Å²) in [5.74, 6) is 1.87. The molecule has 0 saturated carbocycles. The molecule has 1 aromatic carbocycles. The fourth-order valence-corrected chi connectivity index (χ4v) is 6.75. The Balaban J connectivity index is 1.50. The van der Waals surface area contributed by atoms with Crippen LogP contribution in [0.15, 0.2) is 30.3 Å². The molecule has 2 aliphatic rings. The Kier molecular flexibility index (Phi) is 6.19. The number of nitrogens with zero attached hydrogens (tertiary/aromatic N) is 3. The third kappa shape index (κ3) is 4.73. The van der Waals surface area contributed by atoms with Crippen molar-refractivity contribution < 1.29 is 18.6 Å². The van der Waals surface area contributed by atoms with Crippen molar-refractivity contribution in [1.29, 1.82) is 0 Å². The van der Waals surface area contributed by atoms with Crippen LogP contribution in [0.1, 0.15) is 30.7 Å². The van der Waals surface area contributed by atoms with Crippen molar-refractivity contribution in [3.63, 3.8) is 0 Å². The van der Waals surface area contributed by atoms with Crippen LogP contribution in [0.2, 0.25) is 4.34 Å². The minimum Gasteiger partial charge on any atom is -0.484 e. The van der Waals surface area contributed by atoms with E-state index in [0.717, 1.165) is 28.1 Å². The van der Waals surface area contributed by atoms with Crippen LogP contribution in [0.4, 0.5) is 11.5 Å². The summed E-state index contributed by atoms with van der Waals surface area (Å²) in [7, 11) is -2.79. The van der Waals surface area contributed by atoms with E-state index in [1.165, 1.54) is 11.3 Å². The highest BCUT2D eigenvalue weighted by atomic mass is 35.5. The highest BCUT2D eigenvalue weighted by molar-refractivity contribution is 8.23. The highest BCUT2D eigenvalue weighted by Crippen LogP contribution is 2.55. The average molecular weight is 521 g/mol. The summed E-state index contributed by atoms with van der Waals surface area (Å²) in [5, 5.41) is 2.81. The Morgan fingerprint density at radius 2 is 2.09 bits per heavy atom. The number of nitrogens with one attached hydrogen (secondary N) is 1. The molecule has 1 amide bonds. The lowest BCUT2D eigenvalue weighted by Crippen LogP contribution is -2.34. The number of amides is 1. The number of rotatable bonds is 6. The largest absolute Gasteiger partial charge is 0.484 e. The number of benzene rings is 1. The predicted octanol–water partition coefficient (Wildman–Crippen LogP) is 5.22. The quantitative estimate of drug-likeness (QED) is 0.409. The van der Waals surface area contributed by atoms with E-state index in [9.17, 15) is 13.9 Å². The zero-order chi connectivity index (χ0) is 24.0. The summed E-state index contributed by atoms with van der Waals surface area (Å²) in [6.45, 7) is 4.43. The van der Waals surface area contributed by atoms with Crippen molar-refractivity contribution in [1.82, 2.24) is 15.3 Å². The number of thiophene rings is 1. The summed E-state index contributed by atoms with van der Waals surface area (Å²) < 4.78 is 27.3. The van der Waals surface area contributed by atoms with Gasteiger partial charge in [0.15, 0.2) is 12.4 Å². The van der Waals surface area contributed by atoms with Gasteiger partial charge in [0.1, 0.15) is 11.6 Å². The number of aromatic nitrogens is 2. The van der Waals surface area contributed by atoms with Crippen LogP contribution in [0.25, 0.3) is 10.7 Å². The van der Waals surface area contributed by atoms with Crippen LogP contribution < -0.4 is 15.0 Å². The normalized spacial score (nSPS) is 16.9. The first kappa shape index (κ1) is 23.4. The maximum atomic E-state index is 12.0. The number of hydrogen-bond donors (Lipinski definition) is 3. The van der Waals surface area contributed by atoms with Gasteiger partial charge >= 0.3 is 0 Å². The first-order valence-electron chi connectivity index (χ1n) is 10.9. The molecule has 0 bridgehead atoms. The summed E-state index contributed by atoms with van der Waals surface area (Å²) >= 11 is 7.52. The Hall–Kier alpha value is -2.37. The summed E-state index contributed by atoms with van der Waals surface area (Å²) in [5.41, 5.74) is 3.50. The second kappa shape index (κ2) is 9.01. The molecular formula is C23H25ClN4O4S2. The van der Waals surface area contributed by atoms with Gasteiger partial charge in [0.25, 0.3) is 5.91 Å². The van der Waals surface area contributed by atoms with Gasteiger partial charge in [0.2, 0.25) is 0 Å². The van der Waals surface area contributed by atoms with E-state index in [0.29, 0.717) is 34.0 Å². The first-order chi connectivity index (χ1) is 16.2. The van der Waals surface area contributed by atoms with Gasteiger partial charge in [0.05, 0.1) is 26.4 Å². The van der Waals surface area contributed by atoms with Gasteiger partial charge in [-0.1, -0.05) is 17.7 Å². The van der Waals surface area contributed by atoms with Crippen molar-refractivity contribution >= 4 is 50.9 Å². The number of fused-ring (bicyclic) bond motifs is 2. The lowest BCUT2D eigenvalue weighted by atomic mass is 10.1. The second-order valence-electron chi connectivity index (χ2n) is 8.69. The molecule has 0 atom stereocenters. The molecule has 8 nitrogen and oxygen atoms in total. The lowest BCUT2D eigenvalue weighted by molar-refractivity contribution is -0.123. The molecule has 0 spiro atoms. The zero-order valence-electron chi connectivity index (χ0n) is 18.7. The molecular weight excluding hydrogens is 496 g/mol. The van der Waals surface area contributed by atoms with E-state index in [1.54, 1.807) is 6.07 Å². The molecule has 0 aliphatic carbocycles. The van der Waals surface area contributed by atoms with Gasteiger partial charge < -0.3 is 15.0 Å². The Morgan fingerprint density at radius 3 is 2.82 bits per heavy atom. The number of carbonyl (C=O) groups excluding carboxylic acids is 1. The molecule has 0 unspecified atom stereocenters. The first-order valence-corrected chi connectivity index (χ1v) is 14.0. The van der Waals surface area contributed by atoms with Crippen molar-refractivity contribution in [2.24, 2.45) is 0 Å². The summed E-state index contributed by atoms with van der Waals surface area (Å²) in [6.07, 6.45) is 0.818. The third-order valence-electron chi connectivity index (χ3n) is 5.64. The van der Waals surface area contributed by atoms with Gasteiger partial charge in [-0.15, -0.1) is 11.3 Å². The maximum Gasteiger partial charge on any atom is 0.258 e. The molecule has 3 N–H and O–H groups in total. The molecule has 0 radical (unpaired) electrons.